The second-order valence-corrected chi connectivity index (χ2v) is 6.49. The Labute approximate surface area is 127 Å². The van der Waals surface area contributed by atoms with Crippen LogP contribution in [0.3, 0.4) is 0 Å². The first-order chi connectivity index (χ1) is 9.88. The number of aromatic nitrogens is 2. The fourth-order valence-electron chi connectivity index (χ4n) is 2.19. The van der Waals surface area contributed by atoms with Crippen LogP contribution in [-0.2, 0) is 11.3 Å². The summed E-state index contributed by atoms with van der Waals surface area (Å²) in [4.78, 5) is 32.6. The Morgan fingerprint density at radius 3 is 2.90 bits per heavy atom. The molecule has 0 radical (unpaired) electrons. The molecular weight excluding hydrogens is 288 g/mol. The topological polar surface area (TPSA) is 92.1 Å². The molecule has 0 saturated carbocycles. The molecule has 3 N–H and O–H groups in total. The van der Waals surface area contributed by atoms with E-state index in [4.69, 9.17) is 5.73 Å². The van der Waals surface area contributed by atoms with Gasteiger partial charge in [-0.15, -0.1) is 11.3 Å². The van der Waals surface area contributed by atoms with Gasteiger partial charge in [0.2, 0.25) is 5.91 Å². The fourth-order valence-corrected chi connectivity index (χ4v) is 2.92. The fraction of sp³-hybridized carbons (Fsp3) is 0.500. The summed E-state index contributed by atoms with van der Waals surface area (Å²) in [5.74, 6) is 0.688. The molecule has 0 aliphatic carbocycles. The van der Waals surface area contributed by atoms with E-state index in [1.165, 1.54) is 16.2 Å². The lowest BCUT2D eigenvalue weighted by Gasteiger charge is -2.21. The maximum absolute atomic E-state index is 12.2. The van der Waals surface area contributed by atoms with Crippen LogP contribution in [0.5, 0.6) is 0 Å². The van der Waals surface area contributed by atoms with Crippen molar-refractivity contribution in [2.24, 2.45) is 11.7 Å². The van der Waals surface area contributed by atoms with Gasteiger partial charge in [-0.1, -0.05) is 13.8 Å². The molecule has 1 amide bonds. The number of amides is 1. The van der Waals surface area contributed by atoms with Crippen molar-refractivity contribution in [1.82, 2.24) is 14.9 Å². The average Bonchev–Trinajstić information content (AvgIpc) is 2.85. The zero-order valence-corrected chi connectivity index (χ0v) is 13.2. The highest BCUT2D eigenvalue weighted by atomic mass is 32.1. The second-order valence-electron chi connectivity index (χ2n) is 5.58. The molecule has 21 heavy (non-hydrogen) atoms. The lowest BCUT2D eigenvalue weighted by molar-refractivity contribution is -0.132. The van der Waals surface area contributed by atoms with Crippen LogP contribution in [0.2, 0.25) is 0 Å². The van der Waals surface area contributed by atoms with Gasteiger partial charge in [0.05, 0.1) is 18.1 Å². The lowest BCUT2D eigenvalue weighted by atomic mass is 10.0. The molecule has 0 spiro atoms. The maximum Gasteiger partial charge on any atom is 0.268 e. The van der Waals surface area contributed by atoms with Crippen molar-refractivity contribution >= 4 is 27.5 Å². The molecule has 2 aromatic heterocycles. The molecule has 0 aliphatic rings. The molecule has 2 heterocycles. The van der Waals surface area contributed by atoms with E-state index in [2.05, 4.69) is 9.97 Å². The minimum Gasteiger partial charge on any atom is -0.337 e. The highest BCUT2D eigenvalue weighted by molar-refractivity contribution is 7.17. The number of thiophene rings is 1. The van der Waals surface area contributed by atoms with Gasteiger partial charge < -0.3 is 15.6 Å². The van der Waals surface area contributed by atoms with E-state index in [0.717, 1.165) is 0 Å². The Kier molecular flexibility index (Phi) is 4.74. The van der Waals surface area contributed by atoms with Crippen LogP contribution >= 0.6 is 11.3 Å². The summed E-state index contributed by atoms with van der Waals surface area (Å²) >= 11 is 1.35. The monoisotopic (exact) mass is 308 g/mol. The van der Waals surface area contributed by atoms with Crippen molar-refractivity contribution in [2.75, 3.05) is 7.05 Å². The number of aromatic amines is 1. The minimum absolute atomic E-state index is 0.142. The number of nitrogens with two attached hydrogens (primary N) is 1. The summed E-state index contributed by atoms with van der Waals surface area (Å²) in [6, 6.07) is 1.28. The molecule has 0 aliphatic heterocycles. The van der Waals surface area contributed by atoms with Crippen molar-refractivity contribution in [3.8, 4) is 0 Å². The first-order valence-corrected chi connectivity index (χ1v) is 7.73. The molecule has 2 rings (SSSR count). The molecule has 2 aromatic rings. The normalized spacial score (nSPS) is 12.8. The third kappa shape index (κ3) is 3.68. The van der Waals surface area contributed by atoms with Gasteiger partial charge in [-0.3, -0.25) is 9.59 Å². The lowest BCUT2D eigenvalue weighted by Crippen LogP contribution is -2.42. The van der Waals surface area contributed by atoms with Crippen LogP contribution in [0, 0.1) is 5.92 Å². The van der Waals surface area contributed by atoms with Gasteiger partial charge in [-0.05, 0) is 23.8 Å². The first kappa shape index (κ1) is 15.7. The summed E-state index contributed by atoms with van der Waals surface area (Å²) in [5, 5.41) is 1.82. The van der Waals surface area contributed by atoms with Crippen molar-refractivity contribution in [3.63, 3.8) is 0 Å². The Bertz CT molecular complexity index is 692. The number of rotatable bonds is 5. The zero-order valence-electron chi connectivity index (χ0n) is 12.4. The molecule has 1 atom stereocenters. The Morgan fingerprint density at radius 1 is 1.52 bits per heavy atom. The summed E-state index contributed by atoms with van der Waals surface area (Å²) in [5.41, 5.74) is 6.38. The Hall–Kier alpha value is -1.73. The highest BCUT2D eigenvalue weighted by Crippen LogP contribution is 2.14. The summed E-state index contributed by atoms with van der Waals surface area (Å²) in [7, 11) is 1.67. The van der Waals surface area contributed by atoms with Gasteiger partial charge >= 0.3 is 0 Å². The van der Waals surface area contributed by atoms with Gasteiger partial charge in [0, 0.05) is 7.05 Å². The molecule has 0 aromatic carbocycles. The number of carbonyl (C=O) groups excluding carboxylic acids is 1. The SMILES string of the molecule is CC(C)C[C@@H](N)C(=O)N(C)Cc1nc2ccsc2c(=O)[nH]1. The number of likely N-dealkylation sites (N-methyl/N-ethyl adjacent to an activating group) is 1. The molecular formula is C14H20N4O2S. The van der Waals surface area contributed by atoms with E-state index in [9.17, 15) is 9.59 Å². The molecule has 0 unspecified atom stereocenters. The van der Waals surface area contributed by atoms with Crippen LogP contribution in [0.25, 0.3) is 10.2 Å². The van der Waals surface area contributed by atoms with Crippen molar-refractivity contribution in [1.29, 1.82) is 0 Å². The van der Waals surface area contributed by atoms with Crippen LogP contribution in [0.1, 0.15) is 26.1 Å². The van der Waals surface area contributed by atoms with Crippen LogP contribution < -0.4 is 11.3 Å². The quantitative estimate of drug-likeness (QED) is 0.871. The van der Waals surface area contributed by atoms with Gasteiger partial charge in [-0.2, -0.15) is 0 Å². The number of carbonyl (C=O) groups is 1. The maximum atomic E-state index is 12.2. The van der Waals surface area contributed by atoms with Gasteiger partial charge in [0.15, 0.2) is 0 Å². The average molecular weight is 308 g/mol. The predicted molar refractivity (Wildman–Crippen MR) is 84.1 cm³/mol. The minimum atomic E-state index is -0.522. The van der Waals surface area contributed by atoms with Gasteiger partial charge in [0.25, 0.3) is 5.56 Å². The van der Waals surface area contributed by atoms with E-state index in [0.29, 0.717) is 28.4 Å². The molecule has 0 saturated heterocycles. The van der Waals surface area contributed by atoms with Crippen molar-refractivity contribution in [3.05, 3.63) is 27.6 Å². The predicted octanol–water partition coefficient (Wildman–Crippen LogP) is 1.32. The zero-order chi connectivity index (χ0) is 15.6. The number of fused-ring (bicyclic) bond motifs is 1. The number of H-pyrrole nitrogens is 1. The van der Waals surface area contributed by atoms with E-state index < -0.39 is 6.04 Å². The summed E-state index contributed by atoms with van der Waals surface area (Å²) in [6.45, 7) is 4.29. The standard InChI is InChI=1S/C14H20N4O2S/c1-8(2)6-9(15)14(20)18(3)7-11-16-10-4-5-21-12(10)13(19)17-11/h4-5,8-9H,6-7,15H2,1-3H3,(H,16,17,19)/t9-/m1/s1. The molecule has 114 valence electrons. The first-order valence-electron chi connectivity index (χ1n) is 6.85. The van der Waals surface area contributed by atoms with Crippen LogP contribution in [0.15, 0.2) is 16.2 Å². The van der Waals surface area contributed by atoms with Gasteiger partial charge in [-0.25, -0.2) is 4.98 Å². The smallest absolute Gasteiger partial charge is 0.268 e. The summed E-state index contributed by atoms with van der Waals surface area (Å²) < 4.78 is 0.601. The van der Waals surface area contributed by atoms with Crippen LogP contribution in [0.4, 0.5) is 0 Å². The largest absolute Gasteiger partial charge is 0.337 e. The summed E-state index contributed by atoms with van der Waals surface area (Å²) in [6.07, 6.45) is 0.636. The van der Waals surface area contributed by atoms with Gasteiger partial charge in [0.1, 0.15) is 10.5 Å². The molecule has 7 heteroatoms. The number of hydrogen-bond donors (Lipinski definition) is 2. The number of hydrogen-bond acceptors (Lipinski definition) is 5. The van der Waals surface area contributed by atoms with Crippen molar-refractivity contribution in [2.45, 2.75) is 32.9 Å². The molecule has 0 bridgehead atoms. The highest BCUT2D eigenvalue weighted by Gasteiger charge is 2.20. The molecule has 0 fully saturated rings. The van der Waals surface area contributed by atoms with E-state index in [-0.39, 0.29) is 18.0 Å². The van der Waals surface area contributed by atoms with E-state index in [1.54, 1.807) is 13.1 Å². The van der Waals surface area contributed by atoms with Crippen LogP contribution in [-0.4, -0.2) is 33.9 Å². The van der Waals surface area contributed by atoms with E-state index >= 15 is 0 Å². The molecule has 6 nitrogen and oxygen atoms in total. The second kappa shape index (κ2) is 6.36. The third-order valence-corrected chi connectivity index (χ3v) is 4.07. The Morgan fingerprint density at radius 2 is 2.24 bits per heavy atom. The Balaban J connectivity index is 2.12. The third-order valence-electron chi connectivity index (χ3n) is 3.17. The van der Waals surface area contributed by atoms with Crippen molar-refractivity contribution < 1.29 is 4.79 Å². The van der Waals surface area contributed by atoms with E-state index in [1.807, 2.05) is 19.2 Å². The number of nitrogens with one attached hydrogen (secondary N) is 1. The number of nitrogens with zero attached hydrogens (tertiary/aromatic N) is 2.